The second-order valence-electron chi connectivity index (χ2n) is 4.17. The van der Waals surface area contributed by atoms with Crippen molar-refractivity contribution in [2.24, 2.45) is 17.9 Å². The molecule has 0 aliphatic rings. The summed E-state index contributed by atoms with van der Waals surface area (Å²) in [7, 11) is 3.81. The zero-order valence-electron chi connectivity index (χ0n) is 10.9. The quantitative estimate of drug-likeness (QED) is 0.362. The van der Waals surface area contributed by atoms with Crippen LogP contribution >= 0.6 is 0 Å². The predicted octanol–water partition coefficient (Wildman–Crippen LogP) is 0.546. The van der Waals surface area contributed by atoms with E-state index in [1.165, 1.54) is 0 Å². The standard InChI is InChI=1S/C12H16N6O/c1-17-7-6-14-10(17)8-18(2)12-9(11(13)16-19)4-3-5-15-12/h3-7,19H,8H2,1-2H3,(H2,13,16). The summed E-state index contributed by atoms with van der Waals surface area (Å²) in [6, 6.07) is 3.50. The van der Waals surface area contributed by atoms with Crippen molar-refractivity contribution in [2.75, 3.05) is 11.9 Å². The lowest BCUT2D eigenvalue weighted by Gasteiger charge is -2.20. The Hall–Kier alpha value is -2.57. The minimum Gasteiger partial charge on any atom is -0.409 e. The molecule has 0 aliphatic heterocycles. The van der Waals surface area contributed by atoms with Crippen molar-refractivity contribution in [3.05, 3.63) is 42.1 Å². The van der Waals surface area contributed by atoms with Crippen LogP contribution in [-0.4, -0.2) is 32.6 Å². The minimum absolute atomic E-state index is 0.0368. The molecule has 2 heterocycles. The van der Waals surface area contributed by atoms with Gasteiger partial charge in [-0.25, -0.2) is 9.97 Å². The monoisotopic (exact) mass is 260 g/mol. The van der Waals surface area contributed by atoms with E-state index in [-0.39, 0.29) is 5.84 Å². The topological polar surface area (TPSA) is 92.6 Å². The molecule has 3 N–H and O–H groups in total. The van der Waals surface area contributed by atoms with Crippen molar-refractivity contribution in [1.82, 2.24) is 14.5 Å². The lowest BCUT2D eigenvalue weighted by atomic mass is 10.2. The van der Waals surface area contributed by atoms with Crippen LogP contribution in [0.15, 0.2) is 35.9 Å². The Morgan fingerprint density at radius 1 is 1.47 bits per heavy atom. The molecule has 2 aromatic heterocycles. The molecule has 0 atom stereocenters. The molecule has 0 spiro atoms. The van der Waals surface area contributed by atoms with Gasteiger partial charge in [-0.05, 0) is 12.1 Å². The van der Waals surface area contributed by atoms with E-state index in [2.05, 4.69) is 15.1 Å². The highest BCUT2D eigenvalue weighted by atomic mass is 16.4. The highest BCUT2D eigenvalue weighted by Crippen LogP contribution is 2.17. The highest BCUT2D eigenvalue weighted by Gasteiger charge is 2.13. The third kappa shape index (κ3) is 2.65. The summed E-state index contributed by atoms with van der Waals surface area (Å²) in [5.74, 6) is 1.58. The Balaban J connectivity index is 2.29. The number of hydrogen-bond donors (Lipinski definition) is 2. The highest BCUT2D eigenvalue weighted by molar-refractivity contribution is 6.01. The SMILES string of the molecule is CN(Cc1nccn1C)c1ncccc1C(N)=NO. The minimum atomic E-state index is 0.0368. The first-order valence-corrected chi connectivity index (χ1v) is 5.73. The summed E-state index contributed by atoms with van der Waals surface area (Å²) in [4.78, 5) is 10.4. The van der Waals surface area contributed by atoms with Crippen molar-refractivity contribution in [3.63, 3.8) is 0 Å². The Bertz CT molecular complexity index is 591. The van der Waals surface area contributed by atoms with E-state index in [1.807, 2.05) is 29.8 Å². The van der Waals surface area contributed by atoms with Crippen molar-refractivity contribution < 1.29 is 5.21 Å². The third-order valence-corrected chi connectivity index (χ3v) is 2.83. The Labute approximate surface area is 111 Å². The van der Waals surface area contributed by atoms with E-state index < -0.39 is 0 Å². The third-order valence-electron chi connectivity index (χ3n) is 2.83. The van der Waals surface area contributed by atoms with Gasteiger partial charge in [0.15, 0.2) is 5.84 Å². The maximum atomic E-state index is 8.80. The zero-order chi connectivity index (χ0) is 13.8. The van der Waals surface area contributed by atoms with Crippen LogP contribution in [0.5, 0.6) is 0 Å². The number of rotatable bonds is 4. The molecule has 0 bridgehead atoms. The maximum absolute atomic E-state index is 8.80. The lowest BCUT2D eigenvalue weighted by Crippen LogP contribution is -2.24. The molecule has 0 aliphatic carbocycles. The molecule has 0 saturated carbocycles. The first-order chi connectivity index (χ1) is 9.13. The van der Waals surface area contributed by atoms with Gasteiger partial charge in [-0.3, -0.25) is 0 Å². The van der Waals surface area contributed by atoms with Gasteiger partial charge in [-0.2, -0.15) is 0 Å². The van der Waals surface area contributed by atoms with E-state index in [9.17, 15) is 0 Å². The van der Waals surface area contributed by atoms with Gasteiger partial charge in [0.25, 0.3) is 0 Å². The molecule has 2 aromatic rings. The molecule has 100 valence electrons. The normalized spacial score (nSPS) is 11.6. The number of nitrogens with zero attached hydrogens (tertiary/aromatic N) is 5. The van der Waals surface area contributed by atoms with Crippen LogP contribution in [0.4, 0.5) is 5.82 Å². The van der Waals surface area contributed by atoms with E-state index >= 15 is 0 Å². The number of imidazole rings is 1. The van der Waals surface area contributed by atoms with Crippen molar-refractivity contribution >= 4 is 11.7 Å². The average Bonchev–Trinajstić information content (AvgIpc) is 2.83. The van der Waals surface area contributed by atoms with Crippen LogP contribution in [0, 0.1) is 0 Å². The van der Waals surface area contributed by atoms with Gasteiger partial charge in [0.05, 0.1) is 12.1 Å². The van der Waals surface area contributed by atoms with Crippen LogP contribution in [-0.2, 0) is 13.6 Å². The van der Waals surface area contributed by atoms with Crippen molar-refractivity contribution in [3.8, 4) is 0 Å². The molecule has 0 aromatic carbocycles. The van der Waals surface area contributed by atoms with E-state index in [0.29, 0.717) is 17.9 Å². The Morgan fingerprint density at radius 2 is 2.26 bits per heavy atom. The van der Waals surface area contributed by atoms with E-state index in [4.69, 9.17) is 10.9 Å². The van der Waals surface area contributed by atoms with E-state index in [1.54, 1.807) is 24.5 Å². The number of pyridine rings is 1. The number of aryl methyl sites for hydroxylation is 1. The molecular formula is C12H16N6O. The lowest BCUT2D eigenvalue weighted by molar-refractivity contribution is 0.318. The van der Waals surface area contributed by atoms with Gasteiger partial charge in [0, 0.05) is 32.7 Å². The molecule has 0 saturated heterocycles. The number of oxime groups is 1. The molecule has 7 nitrogen and oxygen atoms in total. The number of nitrogens with two attached hydrogens (primary N) is 1. The molecule has 0 fully saturated rings. The number of hydrogen-bond acceptors (Lipinski definition) is 5. The first-order valence-electron chi connectivity index (χ1n) is 5.73. The summed E-state index contributed by atoms with van der Waals surface area (Å²) in [5, 5.41) is 11.8. The van der Waals surface area contributed by atoms with Crippen molar-refractivity contribution in [1.29, 1.82) is 0 Å². The van der Waals surface area contributed by atoms with Gasteiger partial charge in [0.1, 0.15) is 11.6 Å². The Kier molecular flexibility index (Phi) is 3.65. The number of aromatic nitrogens is 3. The molecule has 0 amide bonds. The second-order valence-corrected chi connectivity index (χ2v) is 4.17. The summed E-state index contributed by atoms with van der Waals surface area (Å²) < 4.78 is 1.93. The van der Waals surface area contributed by atoms with Crippen LogP contribution in [0.1, 0.15) is 11.4 Å². The number of anilines is 1. The smallest absolute Gasteiger partial charge is 0.173 e. The summed E-state index contributed by atoms with van der Waals surface area (Å²) in [6.07, 6.45) is 5.29. The summed E-state index contributed by atoms with van der Waals surface area (Å²) in [6.45, 7) is 0.576. The largest absolute Gasteiger partial charge is 0.409 e. The van der Waals surface area contributed by atoms with Gasteiger partial charge >= 0.3 is 0 Å². The van der Waals surface area contributed by atoms with Crippen LogP contribution in [0.25, 0.3) is 0 Å². The fraction of sp³-hybridized carbons (Fsp3) is 0.250. The molecular weight excluding hydrogens is 244 g/mol. The summed E-state index contributed by atoms with van der Waals surface area (Å²) >= 11 is 0. The van der Waals surface area contributed by atoms with Gasteiger partial charge < -0.3 is 20.4 Å². The van der Waals surface area contributed by atoms with Gasteiger partial charge in [0.2, 0.25) is 0 Å². The summed E-state index contributed by atoms with van der Waals surface area (Å²) in [5.41, 5.74) is 6.23. The molecule has 0 radical (unpaired) electrons. The molecule has 19 heavy (non-hydrogen) atoms. The molecule has 7 heteroatoms. The van der Waals surface area contributed by atoms with Crippen LogP contribution in [0.2, 0.25) is 0 Å². The number of amidine groups is 1. The van der Waals surface area contributed by atoms with Gasteiger partial charge in [-0.1, -0.05) is 5.16 Å². The van der Waals surface area contributed by atoms with E-state index in [0.717, 1.165) is 5.82 Å². The average molecular weight is 260 g/mol. The molecule has 2 rings (SSSR count). The first kappa shape index (κ1) is 12.9. The van der Waals surface area contributed by atoms with Gasteiger partial charge in [-0.15, -0.1) is 0 Å². The zero-order valence-corrected chi connectivity index (χ0v) is 10.9. The molecule has 0 unspecified atom stereocenters. The fourth-order valence-electron chi connectivity index (χ4n) is 1.79. The van der Waals surface area contributed by atoms with Crippen LogP contribution < -0.4 is 10.6 Å². The fourth-order valence-corrected chi connectivity index (χ4v) is 1.79. The maximum Gasteiger partial charge on any atom is 0.173 e. The predicted molar refractivity (Wildman–Crippen MR) is 72.1 cm³/mol. The van der Waals surface area contributed by atoms with Crippen LogP contribution in [0.3, 0.4) is 0 Å². The second kappa shape index (κ2) is 5.38. The van der Waals surface area contributed by atoms with Crippen molar-refractivity contribution in [2.45, 2.75) is 6.54 Å². The Morgan fingerprint density at radius 3 is 2.89 bits per heavy atom.